The lowest BCUT2D eigenvalue weighted by Crippen LogP contribution is -2.38. The lowest BCUT2D eigenvalue weighted by Gasteiger charge is -2.31. The molecule has 1 aliphatic heterocycles. The molecular weight excluding hydrogens is 228 g/mol. The topological polar surface area (TPSA) is 24.1 Å². The molecule has 0 aliphatic carbocycles. The highest BCUT2D eigenvalue weighted by Crippen LogP contribution is 2.30. The summed E-state index contributed by atoms with van der Waals surface area (Å²) >= 11 is 3.46. The van der Waals surface area contributed by atoms with Crippen LogP contribution in [-0.4, -0.2) is 12.1 Å². The lowest BCUT2D eigenvalue weighted by molar-refractivity contribution is 0.663. The molecule has 0 bridgehead atoms. The van der Waals surface area contributed by atoms with Gasteiger partial charge in [-0.05, 0) is 32.0 Å². The summed E-state index contributed by atoms with van der Waals surface area (Å²) in [5.74, 6) is 0. The van der Waals surface area contributed by atoms with E-state index in [0.29, 0.717) is 12.1 Å². The molecule has 0 amide bonds. The van der Waals surface area contributed by atoms with E-state index in [1.54, 1.807) is 0 Å². The SMILES string of the molecule is CC1Nc2ccc(Br)cc2NC1C. The zero-order valence-corrected chi connectivity index (χ0v) is 9.35. The summed E-state index contributed by atoms with van der Waals surface area (Å²) in [6.45, 7) is 4.37. The van der Waals surface area contributed by atoms with E-state index in [1.807, 2.05) is 0 Å². The van der Waals surface area contributed by atoms with E-state index in [0.717, 1.165) is 4.47 Å². The summed E-state index contributed by atoms with van der Waals surface area (Å²) in [6, 6.07) is 7.20. The second-order valence-corrected chi connectivity index (χ2v) is 4.47. The van der Waals surface area contributed by atoms with Crippen LogP contribution in [0.25, 0.3) is 0 Å². The first-order valence-electron chi connectivity index (χ1n) is 4.49. The predicted octanol–water partition coefficient (Wildman–Crippen LogP) is 3.06. The molecular formula is C10H13BrN2. The fourth-order valence-corrected chi connectivity index (χ4v) is 1.86. The Morgan fingerprint density at radius 2 is 1.69 bits per heavy atom. The molecule has 70 valence electrons. The molecule has 1 heterocycles. The van der Waals surface area contributed by atoms with Crippen molar-refractivity contribution in [2.24, 2.45) is 0 Å². The third-order valence-corrected chi connectivity index (χ3v) is 2.99. The first-order valence-corrected chi connectivity index (χ1v) is 5.29. The first-order chi connectivity index (χ1) is 6.16. The van der Waals surface area contributed by atoms with E-state index in [1.165, 1.54) is 11.4 Å². The molecule has 0 fully saturated rings. The Morgan fingerprint density at radius 1 is 1.08 bits per heavy atom. The molecule has 0 spiro atoms. The van der Waals surface area contributed by atoms with Gasteiger partial charge in [-0.15, -0.1) is 0 Å². The fraction of sp³-hybridized carbons (Fsp3) is 0.400. The van der Waals surface area contributed by atoms with Crippen molar-refractivity contribution < 1.29 is 0 Å². The monoisotopic (exact) mass is 240 g/mol. The van der Waals surface area contributed by atoms with Gasteiger partial charge < -0.3 is 10.6 Å². The maximum absolute atomic E-state index is 3.46. The van der Waals surface area contributed by atoms with E-state index in [4.69, 9.17) is 0 Å². The summed E-state index contributed by atoms with van der Waals surface area (Å²) < 4.78 is 1.11. The van der Waals surface area contributed by atoms with Crippen molar-refractivity contribution in [1.82, 2.24) is 0 Å². The summed E-state index contributed by atoms with van der Waals surface area (Å²) in [6.07, 6.45) is 0. The molecule has 0 aromatic heterocycles. The molecule has 1 aromatic carbocycles. The molecule has 2 N–H and O–H groups in total. The van der Waals surface area contributed by atoms with Gasteiger partial charge in [-0.3, -0.25) is 0 Å². The number of hydrogen-bond acceptors (Lipinski definition) is 2. The Labute approximate surface area is 86.9 Å². The smallest absolute Gasteiger partial charge is 0.0590 e. The molecule has 0 radical (unpaired) electrons. The normalized spacial score (nSPS) is 25.8. The molecule has 2 nitrogen and oxygen atoms in total. The Kier molecular flexibility index (Phi) is 2.20. The van der Waals surface area contributed by atoms with Crippen LogP contribution in [0.4, 0.5) is 11.4 Å². The molecule has 13 heavy (non-hydrogen) atoms. The molecule has 0 saturated carbocycles. The van der Waals surface area contributed by atoms with Crippen LogP contribution in [0.5, 0.6) is 0 Å². The van der Waals surface area contributed by atoms with Crippen LogP contribution in [0.3, 0.4) is 0 Å². The van der Waals surface area contributed by atoms with Gasteiger partial charge in [0.25, 0.3) is 0 Å². The van der Waals surface area contributed by atoms with Crippen LogP contribution in [0.15, 0.2) is 22.7 Å². The summed E-state index contributed by atoms with van der Waals surface area (Å²) in [4.78, 5) is 0. The van der Waals surface area contributed by atoms with Crippen molar-refractivity contribution in [3.63, 3.8) is 0 Å². The summed E-state index contributed by atoms with van der Waals surface area (Å²) in [5, 5.41) is 6.91. The molecule has 2 rings (SSSR count). The number of hydrogen-bond donors (Lipinski definition) is 2. The van der Waals surface area contributed by atoms with E-state index < -0.39 is 0 Å². The van der Waals surface area contributed by atoms with E-state index in [2.05, 4.69) is 58.6 Å². The minimum atomic E-state index is 0.474. The van der Waals surface area contributed by atoms with Crippen molar-refractivity contribution in [3.05, 3.63) is 22.7 Å². The van der Waals surface area contributed by atoms with Crippen LogP contribution in [-0.2, 0) is 0 Å². The molecule has 3 heteroatoms. The van der Waals surface area contributed by atoms with Crippen LogP contribution in [0.1, 0.15) is 13.8 Å². The Balaban J connectivity index is 2.37. The highest BCUT2D eigenvalue weighted by atomic mass is 79.9. The number of benzene rings is 1. The van der Waals surface area contributed by atoms with Crippen molar-refractivity contribution >= 4 is 27.3 Å². The average Bonchev–Trinajstić information content (AvgIpc) is 2.08. The van der Waals surface area contributed by atoms with Gasteiger partial charge in [0.05, 0.1) is 11.4 Å². The minimum absolute atomic E-state index is 0.474. The Morgan fingerprint density at radius 3 is 2.38 bits per heavy atom. The first kappa shape index (κ1) is 8.88. The quantitative estimate of drug-likeness (QED) is 0.729. The molecule has 0 saturated heterocycles. The predicted molar refractivity (Wildman–Crippen MR) is 60.3 cm³/mol. The van der Waals surface area contributed by atoms with Crippen LogP contribution < -0.4 is 10.6 Å². The highest BCUT2D eigenvalue weighted by Gasteiger charge is 2.19. The summed E-state index contributed by atoms with van der Waals surface area (Å²) in [5.41, 5.74) is 2.37. The average molecular weight is 241 g/mol. The lowest BCUT2D eigenvalue weighted by atomic mass is 10.1. The largest absolute Gasteiger partial charge is 0.379 e. The van der Waals surface area contributed by atoms with Gasteiger partial charge in [-0.25, -0.2) is 0 Å². The molecule has 1 aliphatic rings. The number of anilines is 2. The van der Waals surface area contributed by atoms with Crippen molar-refractivity contribution in [2.45, 2.75) is 25.9 Å². The molecule has 1 aromatic rings. The van der Waals surface area contributed by atoms with Gasteiger partial charge in [0.15, 0.2) is 0 Å². The van der Waals surface area contributed by atoms with Crippen molar-refractivity contribution in [1.29, 1.82) is 0 Å². The number of halogens is 1. The second kappa shape index (κ2) is 3.22. The van der Waals surface area contributed by atoms with Gasteiger partial charge >= 0.3 is 0 Å². The fourth-order valence-electron chi connectivity index (χ4n) is 1.50. The third-order valence-electron chi connectivity index (χ3n) is 2.50. The van der Waals surface area contributed by atoms with Gasteiger partial charge in [0.2, 0.25) is 0 Å². The third kappa shape index (κ3) is 1.66. The van der Waals surface area contributed by atoms with Gasteiger partial charge in [0, 0.05) is 16.6 Å². The molecule has 2 atom stereocenters. The Hall–Kier alpha value is -0.700. The van der Waals surface area contributed by atoms with E-state index in [9.17, 15) is 0 Å². The van der Waals surface area contributed by atoms with Crippen LogP contribution in [0.2, 0.25) is 0 Å². The van der Waals surface area contributed by atoms with Gasteiger partial charge in [-0.2, -0.15) is 0 Å². The van der Waals surface area contributed by atoms with E-state index >= 15 is 0 Å². The zero-order valence-electron chi connectivity index (χ0n) is 7.76. The maximum Gasteiger partial charge on any atom is 0.0590 e. The number of rotatable bonds is 0. The minimum Gasteiger partial charge on any atom is -0.379 e. The second-order valence-electron chi connectivity index (χ2n) is 3.56. The van der Waals surface area contributed by atoms with Crippen LogP contribution in [0, 0.1) is 0 Å². The van der Waals surface area contributed by atoms with Crippen LogP contribution >= 0.6 is 15.9 Å². The highest BCUT2D eigenvalue weighted by molar-refractivity contribution is 9.10. The maximum atomic E-state index is 3.46. The number of fused-ring (bicyclic) bond motifs is 1. The Bertz CT molecular complexity index is 325. The number of nitrogens with one attached hydrogen (secondary N) is 2. The van der Waals surface area contributed by atoms with Crippen molar-refractivity contribution in [3.8, 4) is 0 Å². The van der Waals surface area contributed by atoms with Crippen molar-refractivity contribution in [2.75, 3.05) is 10.6 Å². The zero-order chi connectivity index (χ0) is 9.42. The van der Waals surface area contributed by atoms with Gasteiger partial charge in [-0.1, -0.05) is 15.9 Å². The standard InChI is InChI=1S/C10H13BrN2/c1-6-7(2)13-10-5-8(11)3-4-9(10)12-6/h3-7,12-13H,1-2H3. The molecule has 2 unspecified atom stereocenters. The van der Waals surface area contributed by atoms with Gasteiger partial charge in [0.1, 0.15) is 0 Å². The van der Waals surface area contributed by atoms with E-state index in [-0.39, 0.29) is 0 Å². The summed E-state index contributed by atoms with van der Waals surface area (Å²) in [7, 11) is 0.